The lowest BCUT2D eigenvalue weighted by atomic mass is 9.86. The van der Waals surface area contributed by atoms with Crippen LogP contribution in [0, 0.1) is 0 Å². The Morgan fingerprint density at radius 3 is 2.44 bits per heavy atom. The van der Waals surface area contributed by atoms with Crippen LogP contribution < -0.4 is 10.0 Å². The minimum atomic E-state index is -3.83. The highest BCUT2D eigenvalue weighted by molar-refractivity contribution is 7.89. The van der Waals surface area contributed by atoms with E-state index in [0.29, 0.717) is 36.9 Å². The topological polar surface area (TPSA) is 95.5 Å². The highest BCUT2D eigenvalue weighted by Gasteiger charge is 2.32. The Balaban J connectivity index is 1.50. The van der Waals surface area contributed by atoms with E-state index in [-0.39, 0.29) is 10.8 Å². The van der Waals surface area contributed by atoms with E-state index in [4.69, 9.17) is 0 Å². The van der Waals surface area contributed by atoms with Gasteiger partial charge in [0.2, 0.25) is 15.9 Å². The zero-order valence-electron chi connectivity index (χ0n) is 19.2. The molecule has 0 saturated carbocycles. The third-order valence-electron chi connectivity index (χ3n) is 6.27. The van der Waals surface area contributed by atoms with Crippen LogP contribution in [-0.2, 0) is 34.1 Å². The fourth-order valence-electron chi connectivity index (χ4n) is 4.27. The standard InChI is InChI=1S/C27H30N2O4S/c1-2-19-8-14-23(15-9-19)34(32,33)29-27-24-18-22(13-11-21(24)12-16-25(27)30)28-26(31)17-10-20-6-4-3-5-7-20/h3-9,11,13-15,18,25,27,29-30H,2,10,12,16-17H2,1H3,(H,28,31)/t25-,27-/m1/s1. The van der Waals surface area contributed by atoms with Gasteiger partial charge in [-0.2, -0.15) is 0 Å². The van der Waals surface area contributed by atoms with Gasteiger partial charge in [-0.25, -0.2) is 13.1 Å². The number of nitrogens with one attached hydrogen (secondary N) is 2. The van der Waals surface area contributed by atoms with Crippen molar-refractivity contribution in [3.63, 3.8) is 0 Å². The molecule has 0 saturated heterocycles. The number of carbonyl (C=O) groups is 1. The van der Waals surface area contributed by atoms with Crippen LogP contribution in [0.3, 0.4) is 0 Å². The van der Waals surface area contributed by atoms with Gasteiger partial charge in [-0.1, -0.05) is 55.5 Å². The van der Waals surface area contributed by atoms with E-state index >= 15 is 0 Å². The van der Waals surface area contributed by atoms with Gasteiger partial charge in [0.15, 0.2) is 0 Å². The van der Waals surface area contributed by atoms with Crippen molar-refractivity contribution >= 4 is 21.6 Å². The number of sulfonamides is 1. The fourth-order valence-corrected chi connectivity index (χ4v) is 5.52. The quantitative estimate of drug-likeness (QED) is 0.453. The van der Waals surface area contributed by atoms with Crippen LogP contribution in [0.2, 0.25) is 0 Å². The monoisotopic (exact) mass is 478 g/mol. The van der Waals surface area contributed by atoms with E-state index in [1.165, 1.54) is 0 Å². The molecule has 0 bridgehead atoms. The summed E-state index contributed by atoms with van der Waals surface area (Å²) in [5.41, 5.74) is 4.37. The molecule has 0 radical (unpaired) electrons. The van der Waals surface area contributed by atoms with Crippen LogP contribution >= 0.6 is 0 Å². The summed E-state index contributed by atoms with van der Waals surface area (Å²) in [6.45, 7) is 2.01. The first-order valence-corrected chi connectivity index (χ1v) is 13.1. The lowest BCUT2D eigenvalue weighted by Crippen LogP contribution is -2.39. The van der Waals surface area contributed by atoms with Crippen LogP contribution in [0.15, 0.2) is 77.7 Å². The van der Waals surface area contributed by atoms with Gasteiger partial charge in [-0.05, 0) is 72.2 Å². The number of benzene rings is 3. The predicted octanol–water partition coefficient (Wildman–Crippen LogP) is 4.15. The van der Waals surface area contributed by atoms with E-state index in [1.54, 1.807) is 30.3 Å². The predicted molar refractivity (Wildman–Crippen MR) is 133 cm³/mol. The molecular weight excluding hydrogens is 448 g/mol. The van der Waals surface area contributed by atoms with Gasteiger partial charge in [-0.15, -0.1) is 0 Å². The highest BCUT2D eigenvalue weighted by atomic mass is 32.2. The molecule has 2 atom stereocenters. The van der Waals surface area contributed by atoms with Crippen molar-refractivity contribution < 1.29 is 18.3 Å². The average Bonchev–Trinajstić information content (AvgIpc) is 2.85. The highest BCUT2D eigenvalue weighted by Crippen LogP contribution is 2.33. The number of aliphatic hydroxyl groups is 1. The minimum absolute atomic E-state index is 0.117. The zero-order chi connectivity index (χ0) is 24.1. The van der Waals surface area contributed by atoms with Crippen molar-refractivity contribution in [1.29, 1.82) is 0 Å². The van der Waals surface area contributed by atoms with Crippen LogP contribution in [0.4, 0.5) is 5.69 Å². The fraction of sp³-hybridized carbons (Fsp3) is 0.296. The molecule has 1 aliphatic carbocycles. The molecule has 178 valence electrons. The Bertz CT molecular complexity index is 1240. The summed E-state index contributed by atoms with van der Waals surface area (Å²) < 4.78 is 28.8. The van der Waals surface area contributed by atoms with E-state index in [0.717, 1.165) is 23.1 Å². The third kappa shape index (κ3) is 5.73. The minimum Gasteiger partial charge on any atom is -0.391 e. The van der Waals surface area contributed by atoms with Crippen molar-refractivity contribution in [3.8, 4) is 0 Å². The number of hydrogen-bond donors (Lipinski definition) is 3. The average molecular weight is 479 g/mol. The first kappa shape index (κ1) is 24.1. The number of aliphatic hydroxyl groups excluding tert-OH is 1. The number of rotatable bonds is 8. The first-order chi connectivity index (χ1) is 16.4. The van der Waals surface area contributed by atoms with Crippen molar-refractivity contribution in [1.82, 2.24) is 4.72 Å². The van der Waals surface area contributed by atoms with Gasteiger partial charge < -0.3 is 10.4 Å². The number of aryl methyl sites for hydroxylation is 3. The molecule has 0 unspecified atom stereocenters. The Kier molecular flexibility index (Phi) is 7.46. The van der Waals surface area contributed by atoms with Crippen molar-refractivity contribution in [3.05, 3.63) is 95.1 Å². The molecule has 3 N–H and O–H groups in total. The molecule has 4 rings (SSSR count). The number of fused-ring (bicyclic) bond motifs is 1. The molecule has 1 aliphatic rings. The number of carbonyl (C=O) groups excluding carboxylic acids is 1. The van der Waals surface area contributed by atoms with Gasteiger partial charge in [0.25, 0.3) is 0 Å². The van der Waals surface area contributed by atoms with Crippen molar-refractivity contribution in [2.24, 2.45) is 0 Å². The van der Waals surface area contributed by atoms with E-state index in [2.05, 4.69) is 10.0 Å². The number of hydrogen-bond acceptors (Lipinski definition) is 4. The normalized spacial score (nSPS) is 17.7. The molecule has 0 heterocycles. The zero-order valence-corrected chi connectivity index (χ0v) is 20.0. The summed E-state index contributed by atoms with van der Waals surface area (Å²) in [5.74, 6) is -0.117. The van der Waals surface area contributed by atoms with E-state index in [1.807, 2.05) is 49.4 Å². The van der Waals surface area contributed by atoms with E-state index in [9.17, 15) is 18.3 Å². The lowest BCUT2D eigenvalue weighted by Gasteiger charge is -2.31. The Hall–Kier alpha value is -3.00. The third-order valence-corrected chi connectivity index (χ3v) is 7.72. The Labute approximate surface area is 201 Å². The summed E-state index contributed by atoms with van der Waals surface area (Å²) in [6, 6.07) is 21.3. The van der Waals surface area contributed by atoms with Crippen LogP contribution in [0.25, 0.3) is 0 Å². The summed E-state index contributed by atoms with van der Waals surface area (Å²) in [7, 11) is -3.83. The smallest absolute Gasteiger partial charge is 0.241 e. The first-order valence-electron chi connectivity index (χ1n) is 11.6. The van der Waals surface area contributed by atoms with E-state index < -0.39 is 22.2 Å². The molecule has 0 aromatic heterocycles. The molecule has 1 amide bonds. The van der Waals surface area contributed by atoms with Crippen LogP contribution in [-0.4, -0.2) is 25.5 Å². The maximum Gasteiger partial charge on any atom is 0.241 e. The van der Waals surface area contributed by atoms with Gasteiger partial charge >= 0.3 is 0 Å². The molecule has 6 nitrogen and oxygen atoms in total. The Morgan fingerprint density at radius 1 is 1.00 bits per heavy atom. The second-order valence-electron chi connectivity index (χ2n) is 8.65. The molecule has 34 heavy (non-hydrogen) atoms. The number of amides is 1. The van der Waals surface area contributed by atoms with Crippen molar-refractivity contribution in [2.75, 3.05) is 5.32 Å². The summed E-state index contributed by atoms with van der Waals surface area (Å²) in [5, 5.41) is 13.6. The molecule has 0 fully saturated rings. The van der Waals surface area contributed by atoms with Gasteiger partial charge in [0, 0.05) is 12.1 Å². The summed E-state index contributed by atoms with van der Waals surface area (Å²) >= 11 is 0. The maximum atomic E-state index is 13.0. The molecule has 3 aromatic carbocycles. The van der Waals surface area contributed by atoms with Gasteiger partial charge in [0.05, 0.1) is 17.0 Å². The van der Waals surface area contributed by atoms with Crippen molar-refractivity contribution in [2.45, 2.75) is 56.1 Å². The largest absolute Gasteiger partial charge is 0.391 e. The van der Waals surface area contributed by atoms with Gasteiger partial charge in [0.1, 0.15) is 0 Å². The Morgan fingerprint density at radius 2 is 1.74 bits per heavy atom. The second-order valence-corrected chi connectivity index (χ2v) is 10.4. The maximum absolute atomic E-state index is 13.0. The van der Waals surface area contributed by atoms with Gasteiger partial charge in [-0.3, -0.25) is 4.79 Å². The van der Waals surface area contributed by atoms with Crippen LogP contribution in [0.1, 0.15) is 48.1 Å². The molecule has 3 aromatic rings. The molecule has 7 heteroatoms. The molecule has 0 aliphatic heterocycles. The second kappa shape index (κ2) is 10.5. The van der Waals surface area contributed by atoms with Crippen LogP contribution in [0.5, 0.6) is 0 Å². The molecular formula is C27H30N2O4S. The molecule has 0 spiro atoms. The SMILES string of the molecule is CCc1ccc(S(=O)(=O)N[C@@H]2c3cc(NC(=O)CCc4ccccc4)ccc3CC[C@H]2O)cc1. The number of anilines is 1. The summed E-state index contributed by atoms with van der Waals surface area (Å²) in [4.78, 5) is 12.7. The lowest BCUT2D eigenvalue weighted by molar-refractivity contribution is -0.116. The summed E-state index contributed by atoms with van der Waals surface area (Å²) in [6.07, 6.45) is 2.03.